The van der Waals surface area contributed by atoms with Crippen molar-refractivity contribution >= 4 is 6.16 Å². The van der Waals surface area contributed by atoms with E-state index in [2.05, 4.69) is 4.74 Å². The summed E-state index contributed by atoms with van der Waals surface area (Å²) in [6.07, 6.45) is -4.22. The van der Waals surface area contributed by atoms with E-state index in [1.54, 1.807) is 0 Å². The smallest absolute Gasteiger partial charge is 0.450 e. The Labute approximate surface area is 92.9 Å². The maximum atomic E-state index is 10.1. The molecule has 0 aliphatic rings. The second-order valence-electron chi connectivity index (χ2n) is 3.72. The van der Waals surface area contributed by atoms with E-state index in [0.717, 1.165) is 0 Å². The molecule has 5 N–H and O–H groups in total. The summed E-state index contributed by atoms with van der Waals surface area (Å²) >= 11 is 0. The molecule has 0 spiro atoms. The number of carboxylic acid groups (broad SMARTS) is 1. The summed E-state index contributed by atoms with van der Waals surface area (Å²) in [6.45, 7) is 0.402. The molecule has 3 atom stereocenters. The lowest BCUT2D eigenvalue weighted by Crippen LogP contribution is -2.47. The number of carbonyl (C=O) groups is 1. The zero-order valence-electron chi connectivity index (χ0n) is 9.04. The first kappa shape index (κ1) is 15.1. The van der Waals surface area contributed by atoms with Crippen molar-refractivity contribution in [3.63, 3.8) is 0 Å². The van der Waals surface area contributed by atoms with Gasteiger partial charge in [0.25, 0.3) is 0 Å². The van der Waals surface area contributed by atoms with Gasteiger partial charge < -0.3 is 30.3 Å². The van der Waals surface area contributed by atoms with Crippen molar-refractivity contribution in [2.45, 2.75) is 37.6 Å². The van der Waals surface area contributed by atoms with E-state index in [1.807, 2.05) is 0 Å². The first-order valence-corrected chi connectivity index (χ1v) is 4.87. The van der Waals surface area contributed by atoms with Crippen molar-refractivity contribution in [2.24, 2.45) is 0 Å². The Morgan fingerprint density at radius 3 is 2.38 bits per heavy atom. The quantitative estimate of drug-likeness (QED) is 0.357. The minimum atomic E-state index is -1.77. The maximum Gasteiger partial charge on any atom is 0.505 e. The summed E-state index contributed by atoms with van der Waals surface area (Å²) < 4.78 is 4.20. The van der Waals surface area contributed by atoms with Crippen LogP contribution in [0.25, 0.3) is 0 Å². The first-order chi connectivity index (χ1) is 7.31. The highest BCUT2D eigenvalue weighted by Gasteiger charge is 2.36. The lowest BCUT2D eigenvalue weighted by Gasteiger charge is -2.32. The molecule has 0 aromatic heterocycles. The second-order valence-corrected chi connectivity index (χ2v) is 3.72. The number of aliphatic hydroxyl groups is 4. The van der Waals surface area contributed by atoms with Gasteiger partial charge in [-0.25, -0.2) is 4.79 Å². The molecule has 0 fully saturated rings. The van der Waals surface area contributed by atoms with Crippen LogP contribution in [0.5, 0.6) is 0 Å². The lowest BCUT2D eigenvalue weighted by atomic mass is 9.87. The summed E-state index contributed by atoms with van der Waals surface area (Å²) in [5, 5.41) is 45.4. The number of hydrogen-bond donors (Lipinski definition) is 5. The summed E-state index contributed by atoms with van der Waals surface area (Å²) in [6, 6.07) is 0. The molecule has 0 aliphatic heterocycles. The first-order valence-electron chi connectivity index (χ1n) is 4.87. The minimum absolute atomic E-state index is 0.183. The molecular weight excluding hydrogens is 220 g/mol. The van der Waals surface area contributed by atoms with E-state index in [9.17, 15) is 15.0 Å². The van der Waals surface area contributed by atoms with Crippen LogP contribution in [-0.2, 0) is 4.74 Å². The van der Waals surface area contributed by atoms with Gasteiger partial charge in [0.15, 0.2) is 0 Å². The molecule has 7 heteroatoms. The summed E-state index contributed by atoms with van der Waals surface area (Å²) in [5.41, 5.74) is -1.77. The van der Waals surface area contributed by atoms with Crippen LogP contribution in [0.2, 0.25) is 0 Å². The molecule has 16 heavy (non-hydrogen) atoms. The molecule has 0 bridgehead atoms. The third-order valence-corrected chi connectivity index (χ3v) is 2.20. The van der Waals surface area contributed by atoms with Crippen LogP contribution < -0.4 is 0 Å². The van der Waals surface area contributed by atoms with Crippen LogP contribution in [0.15, 0.2) is 0 Å². The van der Waals surface area contributed by atoms with Gasteiger partial charge in [0.1, 0.15) is 6.10 Å². The average molecular weight is 238 g/mol. The zero-order chi connectivity index (χ0) is 12.8. The highest BCUT2D eigenvalue weighted by Crippen LogP contribution is 2.22. The van der Waals surface area contributed by atoms with Crippen LogP contribution in [0.1, 0.15) is 19.8 Å². The fourth-order valence-electron chi connectivity index (χ4n) is 1.40. The van der Waals surface area contributed by atoms with Crippen LogP contribution in [-0.4, -0.2) is 62.7 Å². The van der Waals surface area contributed by atoms with E-state index < -0.39 is 30.6 Å². The normalized spacial score (nSPS) is 18.6. The van der Waals surface area contributed by atoms with Crippen molar-refractivity contribution in [2.75, 3.05) is 13.2 Å². The highest BCUT2D eigenvalue weighted by molar-refractivity contribution is 5.56. The van der Waals surface area contributed by atoms with Gasteiger partial charge in [-0.05, 0) is 6.92 Å². The Hall–Kier alpha value is -0.890. The molecule has 0 saturated heterocycles. The Kier molecular flexibility index (Phi) is 6.27. The molecule has 0 aromatic carbocycles. The Morgan fingerprint density at radius 1 is 1.44 bits per heavy atom. The number of aliphatic hydroxyl groups excluding tert-OH is 3. The third-order valence-electron chi connectivity index (χ3n) is 2.20. The molecule has 0 unspecified atom stereocenters. The Morgan fingerprint density at radius 2 is 2.00 bits per heavy atom. The molecule has 0 aliphatic carbocycles. The van der Waals surface area contributed by atoms with Gasteiger partial charge in [0.2, 0.25) is 0 Å². The van der Waals surface area contributed by atoms with Gasteiger partial charge in [-0.2, -0.15) is 0 Å². The third kappa shape index (κ3) is 5.26. The van der Waals surface area contributed by atoms with Crippen molar-refractivity contribution in [3.8, 4) is 0 Å². The molecule has 0 heterocycles. The van der Waals surface area contributed by atoms with E-state index in [0.29, 0.717) is 0 Å². The molecule has 96 valence electrons. The van der Waals surface area contributed by atoms with Gasteiger partial charge >= 0.3 is 6.16 Å². The largest absolute Gasteiger partial charge is 0.505 e. The van der Waals surface area contributed by atoms with Crippen LogP contribution in [0.3, 0.4) is 0 Å². The number of rotatable bonds is 7. The molecule has 0 radical (unpaired) electrons. The van der Waals surface area contributed by atoms with Crippen LogP contribution in [0, 0.1) is 0 Å². The fraction of sp³-hybridized carbons (Fsp3) is 0.889. The molecule has 0 saturated carbocycles. The summed E-state index contributed by atoms with van der Waals surface area (Å²) in [5.74, 6) is 0. The van der Waals surface area contributed by atoms with E-state index in [4.69, 9.17) is 15.3 Å². The molecule has 0 amide bonds. The molecular formula is C9H18O7. The Bertz CT molecular complexity index is 218. The number of ether oxygens (including phenoxy) is 1. The summed E-state index contributed by atoms with van der Waals surface area (Å²) in [7, 11) is 0. The van der Waals surface area contributed by atoms with E-state index in [1.165, 1.54) is 6.92 Å². The predicted molar refractivity (Wildman–Crippen MR) is 52.9 cm³/mol. The van der Waals surface area contributed by atoms with Crippen LogP contribution >= 0.6 is 0 Å². The standard InChI is InChI=1S/C9H18O7/c1-6(11)4-9(15,7(12)5-10)2-3-16-8(13)14/h6-7,10-12,15H,2-5H2,1H3,(H,13,14)/t6-,7+,9-/m1/s1. The van der Waals surface area contributed by atoms with Crippen LogP contribution in [0.4, 0.5) is 4.79 Å². The topological polar surface area (TPSA) is 127 Å². The average Bonchev–Trinajstić information content (AvgIpc) is 2.14. The van der Waals surface area contributed by atoms with E-state index >= 15 is 0 Å². The van der Waals surface area contributed by atoms with Gasteiger partial charge in [-0.15, -0.1) is 0 Å². The predicted octanol–water partition coefficient (Wildman–Crippen LogP) is -1.07. The molecule has 7 nitrogen and oxygen atoms in total. The van der Waals surface area contributed by atoms with Gasteiger partial charge in [0, 0.05) is 12.8 Å². The van der Waals surface area contributed by atoms with Gasteiger partial charge in [-0.1, -0.05) is 0 Å². The molecule has 0 aromatic rings. The van der Waals surface area contributed by atoms with Crippen molar-refractivity contribution in [1.82, 2.24) is 0 Å². The number of hydrogen-bond acceptors (Lipinski definition) is 6. The van der Waals surface area contributed by atoms with Crippen molar-refractivity contribution in [3.05, 3.63) is 0 Å². The highest BCUT2D eigenvalue weighted by atomic mass is 16.7. The summed E-state index contributed by atoms with van der Waals surface area (Å²) in [4.78, 5) is 10.1. The van der Waals surface area contributed by atoms with E-state index in [-0.39, 0.29) is 19.4 Å². The molecule has 0 rings (SSSR count). The lowest BCUT2D eigenvalue weighted by molar-refractivity contribution is -0.124. The van der Waals surface area contributed by atoms with Gasteiger partial charge in [0.05, 0.1) is 24.9 Å². The van der Waals surface area contributed by atoms with Gasteiger partial charge in [-0.3, -0.25) is 0 Å². The van der Waals surface area contributed by atoms with Crippen molar-refractivity contribution < 1.29 is 35.1 Å². The minimum Gasteiger partial charge on any atom is -0.450 e. The Balaban J connectivity index is 4.35. The zero-order valence-corrected chi connectivity index (χ0v) is 9.04. The second kappa shape index (κ2) is 6.64. The van der Waals surface area contributed by atoms with Crippen molar-refractivity contribution in [1.29, 1.82) is 0 Å². The monoisotopic (exact) mass is 238 g/mol. The fourth-order valence-corrected chi connectivity index (χ4v) is 1.40. The maximum absolute atomic E-state index is 10.1. The SMILES string of the molecule is C[C@@H](O)C[C@](O)(CCOC(=O)O)[C@@H](O)CO.